The summed E-state index contributed by atoms with van der Waals surface area (Å²) in [6.07, 6.45) is -1.84. The van der Waals surface area contributed by atoms with E-state index < -0.39 is 18.1 Å². The van der Waals surface area contributed by atoms with Gasteiger partial charge < -0.3 is 26.2 Å². The third-order valence-corrected chi connectivity index (χ3v) is 6.48. The lowest BCUT2D eigenvalue weighted by molar-refractivity contribution is -0.192. The molecule has 1 amide bonds. The second kappa shape index (κ2) is 11.5. The first-order valence-corrected chi connectivity index (χ1v) is 12.2. The highest BCUT2D eigenvalue weighted by Crippen LogP contribution is 2.39. The number of halogens is 3. The molecule has 38 heavy (non-hydrogen) atoms. The second-order valence-electron chi connectivity index (χ2n) is 8.99. The molecule has 0 spiro atoms. The number of aromatic nitrogens is 2. The minimum atomic E-state index is -5.08. The van der Waals surface area contributed by atoms with Gasteiger partial charge in [-0.05, 0) is 74.7 Å². The molecule has 3 aromatic rings. The number of carbonyl (C=O) groups excluding carboxylic acids is 1. The van der Waals surface area contributed by atoms with Gasteiger partial charge in [-0.1, -0.05) is 18.2 Å². The summed E-state index contributed by atoms with van der Waals surface area (Å²) < 4.78 is 39.6. The number of hydrogen-bond donors (Lipinski definition) is 4. The van der Waals surface area contributed by atoms with Crippen LogP contribution in [-0.4, -0.2) is 52.6 Å². The van der Waals surface area contributed by atoms with E-state index in [0.29, 0.717) is 17.2 Å². The fourth-order valence-electron chi connectivity index (χ4n) is 4.71. The lowest BCUT2D eigenvalue weighted by Gasteiger charge is -2.34. The predicted molar refractivity (Wildman–Crippen MR) is 134 cm³/mol. The molecule has 9 nitrogen and oxygen atoms in total. The Labute approximate surface area is 216 Å². The number of primary amides is 1. The summed E-state index contributed by atoms with van der Waals surface area (Å²) in [5.41, 5.74) is 7.75. The van der Waals surface area contributed by atoms with Crippen LogP contribution in [0.25, 0.3) is 11.3 Å². The third kappa shape index (κ3) is 6.25. The molecule has 3 heterocycles. The van der Waals surface area contributed by atoms with Gasteiger partial charge >= 0.3 is 12.1 Å². The summed E-state index contributed by atoms with van der Waals surface area (Å²) in [5, 5.41) is 18.8. The Bertz CT molecular complexity index is 1260. The summed E-state index contributed by atoms with van der Waals surface area (Å²) in [4.78, 5) is 21.3. The number of alkyl halides is 3. The van der Waals surface area contributed by atoms with E-state index in [1.807, 2.05) is 59.3 Å². The van der Waals surface area contributed by atoms with Gasteiger partial charge in [0.05, 0.1) is 6.04 Å². The van der Waals surface area contributed by atoms with Gasteiger partial charge in [0.1, 0.15) is 28.6 Å². The van der Waals surface area contributed by atoms with Crippen molar-refractivity contribution in [3.05, 3.63) is 60.2 Å². The number of rotatable bonds is 5. The maximum absolute atomic E-state index is 12.4. The van der Waals surface area contributed by atoms with Crippen molar-refractivity contribution < 1.29 is 32.6 Å². The molecule has 1 saturated heterocycles. The van der Waals surface area contributed by atoms with Crippen molar-refractivity contribution in [2.45, 2.75) is 31.5 Å². The summed E-state index contributed by atoms with van der Waals surface area (Å²) in [6, 6.07) is 17.6. The number of anilines is 1. The number of nitrogens with one attached hydrogen (secondary N) is 2. The van der Waals surface area contributed by atoms with Crippen molar-refractivity contribution in [3.63, 3.8) is 0 Å². The smallest absolute Gasteiger partial charge is 0.475 e. The molecule has 202 valence electrons. The molecule has 1 atom stereocenters. The third-order valence-electron chi connectivity index (χ3n) is 6.48. The molecular weight excluding hydrogens is 503 g/mol. The standard InChI is InChI=1S/C24H27N5O2.C2HF3O2/c25-23(30)21-22(17-6-8-19(9-7-17)31-18-4-2-1-3-5-18)28-29-20(12-15-27-24(21)29)16-10-13-26-14-11-16;3-2(4,5)1(6)7/h1-9,16,20,26-27H,10-15H2,(H2,25,30);(H,6,7). The zero-order chi connectivity index (χ0) is 27.3. The molecule has 0 bridgehead atoms. The fraction of sp³-hybridized carbons (Fsp3) is 0.346. The van der Waals surface area contributed by atoms with Crippen LogP contribution in [0.5, 0.6) is 11.5 Å². The summed E-state index contributed by atoms with van der Waals surface area (Å²) in [7, 11) is 0. The van der Waals surface area contributed by atoms with Gasteiger partial charge in [0.15, 0.2) is 0 Å². The molecule has 5 rings (SSSR count). The Morgan fingerprint density at radius 2 is 1.58 bits per heavy atom. The molecule has 2 aliphatic rings. The Hall–Kier alpha value is -4.06. The number of benzene rings is 2. The molecule has 1 fully saturated rings. The maximum Gasteiger partial charge on any atom is 0.490 e. The van der Waals surface area contributed by atoms with E-state index in [-0.39, 0.29) is 6.04 Å². The van der Waals surface area contributed by atoms with Crippen LogP contribution in [0.2, 0.25) is 0 Å². The number of nitrogens with two attached hydrogens (primary N) is 1. The van der Waals surface area contributed by atoms with Crippen LogP contribution < -0.4 is 21.1 Å². The average Bonchev–Trinajstić information content (AvgIpc) is 3.30. The van der Waals surface area contributed by atoms with Gasteiger partial charge in [0, 0.05) is 12.1 Å². The van der Waals surface area contributed by atoms with Crippen LogP contribution >= 0.6 is 0 Å². The Balaban J connectivity index is 0.000000426. The second-order valence-corrected chi connectivity index (χ2v) is 8.99. The number of carbonyl (C=O) groups is 2. The SMILES string of the molecule is NC(=O)c1c(-c2ccc(Oc3ccccc3)cc2)nn2c1NCCC2C1CCNCC1.O=C(O)C(F)(F)F. The topological polar surface area (TPSA) is 132 Å². The van der Waals surface area contributed by atoms with Crippen LogP contribution in [0.3, 0.4) is 0 Å². The van der Waals surface area contributed by atoms with Crippen molar-refractivity contribution in [2.24, 2.45) is 11.7 Å². The van der Waals surface area contributed by atoms with E-state index >= 15 is 0 Å². The van der Waals surface area contributed by atoms with Gasteiger partial charge in [-0.25, -0.2) is 9.48 Å². The van der Waals surface area contributed by atoms with E-state index in [1.54, 1.807) is 0 Å². The summed E-state index contributed by atoms with van der Waals surface area (Å²) in [6.45, 7) is 2.89. The monoisotopic (exact) mass is 531 g/mol. The molecular formula is C26H28F3N5O4. The largest absolute Gasteiger partial charge is 0.490 e. The van der Waals surface area contributed by atoms with Crippen molar-refractivity contribution >= 4 is 17.7 Å². The normalized spacial score (nSPS) is 17.4. The van der Waals surface area contributed by atoms with E-state index in [0.717, 1.165) is 61.8 Å². The van der Waals surface area contributed by atoms with E-state index in [2.05, 4.69) is 10.6 Å². The van der Waals surface area contributed by atoms with Gasteiger partial charge in [-0.15, -0.1) is 0 Å². The number of ether oxygens (including phenoxy) is 1. The Morgan fingerprint density at radius 1 is 0.974 bits per heavy atom. The highest BCUT2D eigenvalue weighted by molar-refractivity contribution is 6.03. The minimum Gasteiger partial charge on any atom is -0.475 e. The first-order chi connectivity index (χ1) is 18.1. The molecule has 12 heteroatoms. The lowest BCUT2D eigenvalue weighted by Crippen LogP contribution is -2.36. The maximum atomic E-state index is 12.4. The van der Waals surface area contributed by atoms with Crippen LogP contribution in [-0.2, 0) is 4.79 Å². The molecule has 0 aliphatic carbocycles. The number of hydrogen-bond acceptors (Lipinski definition) is 6. The predicted octanol–water partition coefficient (Wildman–Crippen LogP) is 4.43. The van der Waals surface area contributed by atoms with Gasteiger partial charge in [0.25, 0.3) is 5.91 Å². The van der Waals surface area contributed by atoms with Crippen molar-refractivity contribution in [3.8, 4) is 22.8 Å². The molecule has 5 N–H and O–H groups in total. The fourth-order valence-corrected chi connectivity index (χ4v) is 4.71. The average molecular weight is 532 g/mol. The van der Waals surface area contributed by atoms with Crippen LogP contribution in [0, 0.1) is 5.92 Å². The molecule has 2 aliphatic heterocycles. The number of para-hydroxylation sites is 1. The van der Waals surface area contributed by atoms with Crippen molar-refractivity contribution in [1.82, 2.24) is 15.1 Å². The van der Waals surface area contributed by atoms with Crippen LogP contribution in [0.1, 0.15) is 35.7 Å². The number of fused-ring (bicyclic) bond motifs is 1. The zero-order valence-electron chi connectivity index (χ0n) is 20.4. The van der Waals surface area contributed by atoms with Gasteiger partial charge in [0.2, 0.25) is 0 Å². The molecule has 1 unspecified atom stereocenters. The molecule has 2 aromatic carbocycles. The molecule has 0 radical (unpaired) electrons. The lowest BCUT2D eigenvalue weighted by atomic mass is 9.87. The quantitative estimate of drug-likeness (QED) is 0.383. The van der Waals surface area contributed by atoms with E-state index in [9.17, 15) is 18.0 Å². The first kappa shape index (κ1) is 27.0. The number of carboxylic acids is 1. The van der Waals surface area contributed by atoms with Gasteiger partial charge in [-0.2, -0.15) is 18.3 Å². The highest BCUT2D eigenvalue weighted by atomic mass is 19.4. The van der Waals surface area contributed by atoms with E-state index in [1.165, 1.54) is 0 Å². The number of aliphatic carboxylic acids is 1. The summed E-state index contributed by atoms with van der Waals surface area (Å²) in [5.74, 6) is -0.407. The number of nitrogens with zero attached hydrogens (tertiary/aromatic N) is 2. The summed E-state index contributed by atoms with van der Waals surface area (Å²) >= 11 is 0. The highest BCUT2D eigenvalue weighted by Gasteiger charge is 2.38. The van der Waals surface area contributed by atoms with Crippen molar-refractivity contribution in [2.75, 3.05) is 25.0 Å². The molecule has 0 saturated carbocycles. The number of carboxylic acid groups (broad SMARTS) is 1. The van der Waals surface area contributed by atoms with Gasteiger partial charge in [-0.3, -0.25) is 4.79 Å². The number of piperidine rings is 1. The number of amides is 1. The molecule has 1 aromatic heterocycles. The zero-order valence-corrected chi connectivity index (χ0v) is 20.4. The van der Waals surface area contributed by atoms with Crippen molar-refractivity contribution in [1.29, 1.82) is 0 Å². The van der Waals surface area contributed by atoms with Crippen LogP contribution in [0.15, 0.2) is 54.6 Å². The minimum absolute atomic E-state index is 0.283. The Morgan fingerprint density at radius 3 is 2.16 bits per heavy atom. The van der Waals surface area contributed by atoms with Crippen LogP contribution in [0.4, 0.5) is 19.0 Å². The Kier molecular flexibility index (Phi) is 8.20. The van der Waals surface area contributed by atoms with E-state index in [4.69, 9.17) is 25.5 Å². The first-order valence-electron chi connectivity index (χ1n) is 12.2.